The monoisotopic (exact) mass is 336 g/mol. The molecule has 0 heterocycles. The predicted molar refractivity (Wildman–Crippen MR) is 83.4 cm³/mol. The smallest absolute Gasteiger partial charge is 0.269 e. The molecule has 0 unspecified atom stereocenters. The maximum atomic E-state index is 12.3. The van der Waals surface area contributed by atoms with Crippen LogP contribution in [0, 0.1) is 20.2 Å². The van der Waals surface area contributed by atoms with Crippen LogP contribution >= 0.6 is 7.37 Å². The SMILES string of the molecule is O=[N+]([O-])c1ccc(CP(=O)(O)Cc2ccc([N+](=O)[O-])cc2)cc1. The van der Waals surface area contributed by atoms with Crippen molar-refractivity contribution >= 4 is 18.7 Å². The summed E-state index contributed by atoms with van der Waals surface area (Å²) < 4.78 is 12.3. The van der Waals surface area contributed by atoms with E-state index >= 15 is 0 Å². The molecule has 0 bridgehead atoms. The van der Waals surface area contributed by atoms with Gasteiger partial charge < -0.3 is 4.89 Å². The second-order valence-corrected chi connectivity index (χ2v) is 7.33. The first kappa shape index (κ1) is 16.8. The van der Waals surface area contributed by atoms with Gasteiger partial charge in [-0.2, -0.15) is 0 Å². The molecule has 0 saturated carbocycles. The molecule has 2 rings (SSSR count). The van der Waals surface area contributed by atoms with Crippen molar-refractivity contribution in [1.82, 2.24) is 0 Å². The van der Waals surface area contributed by atoms with Crippen molar-refractivity contribution in [1.29, 1.82) is 0 Å². The van der Waals surface area contributed by atoms with Crippen molar-refractivity contribution in [2.45, 2.75) is 12.3 Å². The Morgan fingerprint density at radius 2 is 1.09 bits per heavy atom. The zero-order valence-corrected chi connectivity index (χ0v) is 12.8. The van der Waals surface area contributed by atoms with Gasteiger partial charge in [0.2, 0.25) is 7.37 Å². The van der Waals surface area contributed by atoms with E-state index in [1.54, 1.807) is 0 Å². The van der Waals surface area contributed by atoms with Gasteiger partial charge >= 0.3 is 0 Å². The van der Waals surface area contributed by atoms with Gasteiger partial charge in [0.15, 0.2) is 0 Å². The molecule has 2 aromatic carbocycles. The summed E-state index contributed by atoms with van der Waals surface area (Å²) in [5, 5.41) is 21.1. The van der Waals surface area contributed by atoms with Crippen LogP contribution in [-0.2, 0) is 16.9 Å². The second kappa shape index (κ2) is 6.68. The molecule has 0 saturated heterocycles. The molecule has 0 aliphatic rings. The molecule has 0 amide bonds. The summed E-state index contributed by atoms with van der Waals surface area (Å²) >= 11 is 0. The van der Waals surface area contributed by atoms with Crippen LogP contribution in [0.15, 0.2) is 48.5 Å². The Morgan fingerprint density at radius 1 is 0.783 bits per heavy atom. The molecular weight excluding hydrogens is 323 g/mol. The highest BCUT2D eigenvalue weighted by molar-refractivity contribution is 7.56. The van der Waals surface area contributed by atoms with Crippen LogP contribution in [0.1, 0.15) is 11.1 Å². The average molecular weight is 336 g/mol. The van der Waals surface area contributed by atoms with Crippen LogP contribution < -0.4 is 0 Å². The average Bonchev–Trinajstić information content (AvgIpc) is 2.47. The van der Waals surface area contributed by atoms with Gasteiger partial charge in [0.25, 0.3) is 11.4 Å². The zero-order valence-electron chi connectivity index (χ0n) is 11.9. The standard InChI is InChI=1S/C14H13N2O6P/c17-15(18)13-5-1-11(2-6-13)9-23(21,22)10-12-3-7-14(8-4-12)16(19)20/h1-8H,9-10H2,(H,21,22). The second-order valence-electron chi connectivity index (χ2n) is 5.01. The molecule has 0 fully saturated rings. The quantitative estimate of drug-likeness (QED) is 0.489. The van der Waals surface area contributed by atoms with Crippen LogP contribution in [0.5, 0.6) is 0 Å². The number of hydrogen-bond acceptors (Lipinski definition) is 5. The summed E-state index contributed by atoms with van der Waals surface area (Å²) in [6.45, 7) is 0. The fourth-order valence-corrected chi connectivity index (χ4v) is 3.75. The number of hydrogen-bond donors (Lipinski definition) is 1. The van der Waals surface area contributed by atoms with E-state index in [-0.39, 0.29) is 23.7 Å². The summed E-state index contributed by atoms with van der Waals surface area (Å²) in [6.07, 6.45) is -0.246. The molecule has 1 N–H and O–H groups in total. The summed E-state index contributed by atoms with van der Waals surface area (Å²) in [6, 6.07) is 10.9. The number of nitro benzene ring substituents is 2. The highest BCUT2D eigenvalue weighted by Crippen LogP contribution is 2.48. The number of benzene rings is 2. The van der Waals surface area contributed by atoms with Crippen LogP contribution in [0.25, 0.3) is 0 Å². The first-order chi connectivity index (χ1) is 10.8. The van der Waals surface area contributed by atoms with Crippen LogP contribution in [0.4, 0.5) is 11.4 Å². The molecule has 0 aliphatic heterocycles. The minimum Gasteiger partial charge on any atom is -0.344 e. The van der Waals surface area contributed by atoms with E-state index in [2.05, 4.69) is 0 Å². The highest BCUT2D eigenvalue weighted by Gasteiger charge is 2.20. The third-order valence-corrected chi connectivity index (χ3v) is 4.87. The van der Waals surface area contributed by atoms with E-state index in [4.69, 9.17) is 0 Å². The number of nitrogens with zero attached hydrogens (tertiary/aromatic N) is 2. The van der Waals surface area contributed by atoms with E-state index in [9.17, 15) is 29.7 Å². The molecule has 2 aromatic rings. The zero-order chi connectivity index (χ0) is 17.0. The Labute approximate surface area is 131 Å². The summed E-state index contributed by atoms with van der Waals surface area (Å²) in [4.78, 5) is 30.1. The van der Waals surface area contributed by atoms with E-state index in [1.165, 1.54) is 48.5 Å². The van der Waals surface area contributed by atoms with Gasteiger partial charge in [0.1, 0.15) is 0 Å². The fraction of sp³-hybridized carbons (Fsp3) is 0.143. The maximum absolute atomic E-state index is 12.3. The van der Waals surface area contributed by atoms with Crippen molar-refractivity contribution in [2.75, 3.05) is 0 Å². The van der Waals surface area contributed by atoms with Crippen LogP contribution in [0.2, 0.25) is 0 Å². The highest BCUT2D eigenvalue weighted by atomic mass is 31.2. The van der Waals surface area contributed by atoms with Crippen LogP contribution in [-0.4, -0.2) is 14.7 Å². The number of nitro groups is 2. The Bertz CT molecular complexity index is 709. The van der Waals surface area contributed by atoms with Crippen LogP contribution in [0.3, 0.4) is 0 Å². The molecule has 120 valence electrons. The van der Waals surface area contributed by atoms with E-state index in [0.29, 0.717) is 11.1 Å². The Hall–Kier alpha value is -2.57. The van der Waals surface area contributed by atoms with E-state index < -0.39 is 17.2 Å². The largest absolute Gasteiger partial charge is 0.344 e. The molecule has 0 spiro atoms. The lowest BCUT2D eigenvalue weighted by atomic mass is 10.2. The Balaban J connectivity index is 2.07. The van der Waals surface area contributed by atoms with Gasteiger partial charge in [-0.05, 0) is 11.1 Å². The normalized spacial score (nSPS) is 11.2. The lowest BCUT2D eigenvalue weighted by Crippen LogP contribution is -1.94. The van der Waals surface area contributed by atoms with Gasteiger partial charge in [0, 0.05) is 36.6 Å². The van der Waals surface area contributed by atoms with Crippen molar-refractivity contribution in [2.24, 2.45) is 0 Å². The van der Waals surface area contributed by atoms with Gasteiger partial charge in [-0.15, -0.1) is 0 Å². The number of non-ortho nitro benzene ring substituents is 2. The van der Waals surface area contributed by atoms with Crippen molar-refractivity contribution in [3.8, 4) is 0 Å². The fourth-order valence-electron chi connectivity index (χ4n) is 2.07. The first-order valence-corrected chi connectivity index (χ1v) is 8.57. The molecule has 0 atom stereocenters. The summed E-state index contributed by atoms with van der Waals surface area (Å²) in [5.41, 5.74) is 0.862. The Morgan fingerprint density at radius 3 is 1.35 bits per heavy atom. The molecule has 8 nitrogen and oxygen atoms in total. The maximum Gasteiger partial charge on any atom is 0.269 e. The molecular formula is C14H13N2O6P. The summed E-state index contributed by atoms with van der Waals surface area (Å²) in [5.74, 6) is 0. The number of rotatable bonds is 6. The van der Waals surface area contributed by atoms with Gasteiger partial charge in [-0.3, -0.25) is 24.8 Å². The van der Waals surface area contributed by atoms with Crippen molar-refractivity contribution in [3.63, 3.8) is 0 Å². The lowest BCUT2D eigenvalue weighted by Gasteiger charge is -2.11. The third-order valence-electron chi connectivity index (χ3n) is 3.15. The minimum atomic E-state index is -3.55. The molecule has 23 heavy (non-hydrogen) atoms. The molecule has 0 aromatic heterocycles. The predicted octanol–water partition coefficient (Wildman–Crippen LogP) is 3.47. The minimum absolute atomic E-state index is 0.0862. The summed E-state index contributed by atoms with van der Waals surface area (Å²) in [7, 11) is -3.55. The van der Waals surface area contributed by atoms with Gasteiger partial charge in [0.05, 0.1) is 9.85 Å². The Kier molecular flexibility index (Phi) is 4.88. The molecule has 9 heteroatoms. The van der Waals surface area contributed by atoms with E-state index in [0.717, 1.165) is 0 Å². The van der Waals surface area contributed by atoms with Crippen molar-refractivity contribution in [3.05, 3.63) is 79.9 Å². The molecule has 0 aliphatic carbocycles. The lowest BCUT2D eigenvalue weighted by molar-refractivity contribution is -0.385. The topological polar surface area (TPSA) is 124 Å². The van der Waals surface area contributed by atoms with Crippen molar-refractivity contribution < 1.29 is 19.3 Å². The van der Waals surface area contributed by atoms with Gasteiger partial charge in [-0.1, -0.05) is 24.3 Å². The van der Waals surface area contributed by atoms with E-state index in [1.807, 2.05) is 0 Å². The van der Waals surface area contributed by atoms with Gasteiger partial charge in [-0.25, -0.2) is 0 Å². The first-order valence-electron chi connectivity index (χ1n) is 6.54. The third kappa shape index (κ3) is 4.70. The molecule has 0 radical (unpaired) electrons.